The molecule has 1 N–H and O–H groups in total. The third-order valence-electron chi connectivity index (χ3n) is 4.88. The van der Waals surface area contributed by atoms with E-state index in [1.54, 1.807) is 0 Å². The van der Waals surface area contributed by atoms with Crippen molar-refractivity contribution in [2.24, 2.45) is 0 Å². The largest absolute Gasteiger partial charge is 0.454 e. The summed E-state index contributed by atoms with van der Waals surface area (Å²) < 4.78 is 13.1. The van der Waals surface area contributed by atoms with E-state index in [1.165, 1.54) is 24.8 Å². The molecule has 128 valence electrons. The number of nitrogens with zero attached hydrogens (tertiary/aromatic N) is 3. The Balaban J connectivity index is 1.35. The van der Waals surface area contributed by atoms with Gasteiger partial charge in [0, 0.05) is 32.0 Å². The fraction of sp³-hybridized carbons (Fsp3) is 0.556. The molecule has 0 bridgehead atoms. The lowest BCUT2D eigenvalue weighted by atomic mass is 10.1. The quantitative estimate of drug-likeness (QED) is 0.914. The molecule has 1 aromatic heterocycles. The first-order valence-corrected chi connectivity index (χ1v) is 8.85. The van der Waals surface area contributed by atoms with Crippen LogP contribution < -0.4 is 14.8 Å². The van der Waals surface area contributed by atoms with Crippen molar-refractivity contribution in [1.29, 1.82) is 0 Å². The Bertz CT molecular complexity index is 713. The number of hydrogen-bond donors (Lipinski definition) is 1. The average molecular weight is 328 g/mol. The third-order valence-corrected chi connectivity index (χ3v) is 4.88. The lowest BCUT2D eigenvalue weighted by Gasteiger charge is -2.15. The van der Waals surface area contributed by atoms with Crippen molar-refractivity contribution in [3.8, 4) is 11.5 Å². The van der Waals surface area contributed by atoms with Gasteiger partial charge in [-0.15, -0.1) is 10.2 Å². The zero-order chi connectivity index (χ0) is 16.4. The predicted molar refractivity (Wildman–Crippen MR) is 90.3 cm³/mol. The molecule has 0 saturated carbocycles. The van der Waals surface area contributed by atoms with Crippen LogP contribution in [0.25, 0.3) is 0 Å². The zero-order valence-corrected chi connectivity index (χ0v) is 14.1. The molecular formula is C18H24N4O2. The Hall–Kier alpha value is -2.08. The highest BCUT2D eigenvalue weighted by molar-refractivity contribution is 5.45. The molecule has 24 heavy (non-hydrogen) atoms. The van der Waals surface area contributed by atoms with E-state index in [9.17, 15) is 0 Å². The normalized spacial score (nSPS) is 17.4. The molecule has 0 spiro atoms. The minimum absolute atomic E-state index is 0.256. The Morgan fingerprint density at radius 2 is 2.08 bits per heavy atom. The van der Waals surface area contributed by atoms with Gasteiger partial charge in [0.1, 0.15) is 11.6 Å². The maximum atomic E-state index is 5.46. The molecule has 4 rings (SSSR count). The van der Waals surface area contributed by atoms with Crippen molar-refractivity contribution < 1.29 is 9.47 Å². The number of aryl methyl sites for hydroxylation is 1. The fourth-order valence-corrected chi connectivity index (χ4v) is 3.43. The Morgan fingerprint density at radius 3 is 3.04 bits per heavy atom. The Morgan fingerprint density at radius 1 is 1.17 bits per heavy atom. The molecule has 1 unspecified atom stereocenters. The summed E-state index contributed by atoms with van der Waals surface area (Å²) in [7, 11) is 0. The summed E-state index contributed by atoms with van der Waals surface area (Å²) in [6, 6.07) is 6.39. The summed E-state index contributed by atoms with van der Waals surface area (Å²) in [5.41, 5.74) is 1.21. The molecule has 0 saturated heterocycles. The van der Waals surface area contributed by atoms with Crippen molar-refractivity contribution in [2.75, 3.05) is 13.3 Å². The molecule has 2 aliphatic rings. The number of hydrogen-bond acceptors (Lipinski definition) is 5. The summed E-state index contributed by atoms with van der Waals surface area (Å²) in [5.74, 6) is 3.93. The highest BCUT2D eigenvalue weighted by atomic mass is 16.7. The van der Waals surface area contributed by atoms with Crippen LogP contribution in [0, 0.1) is 0 Å². The second kappa shape index (κ2) is 6.81. The minimum atomic E-state index is 0.256. The van der Waals surface area contributed by atoms with Gasteiger partial charge in [-0.25, -0.2) is 0 Å². The van der Waals surface area contributed by atoms with Crippen molar-refractivity contribution in [2.45, 2.75) is 51.6 Å². The van der Waals surface area contributed by atoms with Gasteiger partial charge in [-0.2, -0.15) is 0 Å². The van der Waals surface area contributed by atoms with E-state index < -0.39 is 0 Å². The van der Waals surface area contributed by atoms with E-state index in [4.69, 9.17) is 9.47 Å². The van der Waals surface area contributed by atoms with Crippen LogP contribution in [0.4, 0.5) is 0 Å². The molecule has 0 fully saturated rings. The van der Waals surface area contributed by atoms with Gasteiger partial charge in [0.05, 0.1) is 0 Å². The van der Waals surface area contributed by atoms with Crippen LogP contribution in [0.3, 0.4) is 0 Å². The molecule has 2 aromatic rings. The highest BCUT2D eigenvalue weighted by Gasteiger charge is 2.17. The molecule has 0 aliphatic carbocycles. The average Bonchev–Trinajstić information content (AvgIpc) is 3.15. The maximum Gasteiger partial charge on any atom is 0.231 e. The van der Waals surface area contributed by atoms with E-state index in [-0.39, 0.29) is 6.04 Å². The van der Waals surface area contributed by atoms with Crippen LogP contribution >= 0.6 is 0 Å². The summed E-state index contributed by atoms with van der Waals surface area (Å²) in [4.78, 5) is 0. The maximum absolute atomic E-state index is 5.46. The van der Waals surface area contributed by atoms with Crippen LogP contribution in [-0.4, -0.2) is 28.1 Å². The lowest BCUT2D eigenvalue weighted by molar-refractivity contribution is 0.174. The summed E-state index contributed by atoms with van der Waals surface area (Å²) in [6.07, 6.45) is 5.73. The van der Waals surface area contributed by atoms with E-state index in [2.05, 4.69) is 39.1 Å². The van der Waals surface area contributed by atoms with Crippen LogP contribution in [0.15, 0.2) is 18.2 Å². The lowest BCUT2D eigenvalue weighted by Crippen LogP contribution is -2.22. The van der Waals surface area contributed by atoms with Crippen molar-refractivity contribution in [3.05, 3.63) is 35.4 Å². The van der Waals surface area contributed by atoms with Gasteiger partial charge < -0.3 is 19.4 Å². The zero-order valence-electron chi connectivity index (χ0n) is 14.1. The molecule has 6 nitrogen and oxygen atoms in total. The molecule has 0 radical (unpaired) electrons. The van der Waals surface area contributed by atoms with Crippen LogP contribution in [0.1, 0.15) is 49.4 Å². The second-order valence-corrected chi connectivity index (χ2v) is 6.53. The van der Waals surface area contributed by atoms with Gasteiger partial charge in [0.2, 0.25) is 6.79 Å². The van der Waals surface area contributed by atoms with E-state index >= 15 is 0 Å². The first-order chi connectivity index (χ1) is 11.8. The third kappa shape index (κ3) is 3.11. The van der Waals surface area contributed by atoms with Crippen molar-refractivity contribution >= 4 is 0 Å². The number of benzene rings is 1. The van der Waals surface area contributed by atoms with Crippen molar-refractivity contribution in [3.63, 3.8) is 0 Å². The van der Waals surface area contributed by atoms with Crippen molar-refractivity contribution in [1.82, 2.24) is 20.1 Å². The standard InChI is InChI=1S/C18H24N4O2/c1-13(14-6-7-15-16(11-14)24-12-23-15)19-9-8-18-21-20-17-5-3-2-4-10-22(17)18/h6-7,11,13,19H,2-5,8-10,12H2,1H3. The predicted octanol–water partition coefficient (Wildman–Crippen LogP) is 2.63. The second-order valence-electron chi connectivity index (χ2n) is 6.53. The van der Waals surface area contributed by atoms with E-state index in [0.717, 1.165) is 49.1 Å². The Kier molecular flexibility index (Phi) is 4.38. The molecule has 2 aliphatic heterocycles. The SMILES string of the molecule is CC(NCCc1nnc2n1CCCCC2)c1ccc2c(c1)OCO2. The number of rotatable bonds is 5. The molecule has 0 amide bonds. The van der Waals surface area contributed by atoms with Gasteiger partial charge >= 0.3 is 0 Å². The molecule has 3 heterocycles. The number of ether oxygens (including phenoxy) is 2. The minimum Gasteiger partial charge on any atom is -0.454 e. The number of nitrogens with one attached hydrogen (secondary N) is 1. The van der Waals surface area contributed by atoms with Gasteiger partial charge in [0.25, 0.3) is 0 Å². The monoisotopic (exact) mass is 328 g/mol. The summed E-state index contributed by atoms with van der Waals surface area (Å²) in [5, 5.41) is 12.3. The fourth-order valence-electron chi connectivity index (χ4n) is 3.43. The number of fused-ring (bicyclic) bond motifs is 2. The first-order valence-electron chi connectivity index (χ1n) is 8.85. The molecular weight excluding hydrogens is 304 g/mol. The van der Waals surface area contributed by atoms with Gasteiger partial charge in [-0.1, -0.05) is 12.5 Å². The summed E-state index contributed by atoms with van der Waals surface area (Å²) in [6.45, 7) is 4.43. The van der Waals surface area contributed by atoms with Gasteiger partial charge in [0.15, 0.2) is 11.5 Å². The van der Waals surface area contributed by atoms with Crippen LogP contribution in [0.5, 0.6) is 11.5 Å². The molecule has 1 atom stereocenters. The summed E-state index contributed by atoms with van der Waals surface area (Å²) >= 11 is 0. The topological polar surface area (TPSA) is 61.2 Å². The molecule has 6 heteroatoms. The smallest absolute Gasteiger partial charge is 0.231 e. The first kappa shape index (κ1) is 15.4. The van der Waals surface area contributed by atoms with Crippen LogP contribution in [-0.2, 0) is 19.4 Å². The van der Waals surface area contributed by atoms with Gasteiger partial charge in [-0.05, 0) is 37.5 Å². The van der Waals surface area contributed by atoms with E-state index in [1.807, 2.05) is 6.07 Å². The molecule has 1 aromatic carbocycles. The highest BCUT2D eigenvalue weighted by Crippen LogP contribution is 2.34. The Labute approximate surface area is 142 Å². The van der Waals surface area contributed by atoms with Gasteiger partial charge in [-0.3, -0.25) is 0 Å². The number of aromatic nitrogens is 3. The van der Waals surface area contributed by atoms with E-state index in [0.29, 0.717) is 6.79 Å². The van der Waals surface area contributed by atoms with Crippen LogP contribution in [0.2, 0.25) is 0 Å².